The number of guanidine groups is 1. The Morgan fingerprint density at radius 3 is 2.80 bits per heavy atom. The van der Waals surface area contributed by atoms with Crippen LogP contribution in [0.1, 0.15) is 43.4 Å². The van der Waals surface area contributed by atoms with Crippen LogP contribution in [0.25, 0.3) is 0 Å². The van der Waals surface area contributed by atoms with E-state index in [1.807, 2.05) is 34.7 Å². The number of thiophene rings is 1. The highest BCUT2D eigenvalue weighted by Crippen LogP contribution is 2.23. The van der Waals surface area contributed by atoms with Crippen LogP contribution in [0.15, 0.2) is 46.1 Å². The van der Waals surface area contributed by atoms with Crippen LogP contribution in [0.3, 0.4) is 0 Å². The number of aliphatic imine (C=N–C) groups is 1. The molecule has 7 heteroatoms. The van der Waals surface area contributed by atoms with E-state index in [9.17, 15) is 9.90 Å². The topological polar surface area (TPSA) is 77.0 Å². The largest absolute Gasteiger partial charge is 0.383 e. The lowest BCUT2D eigenvalue weighted by atomic mass is 9.99. The molecule has 1 atom stereocenters. The lowest BCUT2D eigenvalue weighted by molar-refractivity contribution is -0.132. The quantitative estimate of drug-likeness (QED) is 0.343. The second kappa shape index (κ2) is 10.6. The van der Waals surface area contributed by atoms with Crippen LogP contribution in [0.4, 0.5) is 0 Å². The molecule has 0 saturated carbocycles. The molecule has 1 aromatic heterocycles. The Kier molecular flexibility index (Phi) is 7.87. The lowest BCUT2D eigenvalue weighted by Crippen LogP contribution is -2.40. The van der Waals surface area contributed by atoms with Crippen LogP contribution in [0, 0.1) is 0 Å². The summed E-state index contributed by atoms with van der Waals surface area (Å²) in [6.07, 6.45) is 2.19. The second-order valence-corrected chi connectivity index (χ2v) is 8.63. The summed E-state index contributed by atoms with van der Waals surface area (Å²) in [5.41, 5.74) is 2.49. The van der Waals surface area contributed by atoms with Crippen molar-refractivity contribution in [1.29, 1.82) is 0 Å². The first-order chi connectivity index (χ1) is 14.5. The standard InChI is InChI=1S/C23H32N4O2S/c1-3-24-22(26-17-23(2,29)20-11-14-30-16-20)25-12-6-9-21(28)27-13-10-18-7-4-5-8-19(18)15-27/h4-5,7-8,11,14,16,29H,3,6,9-10,12-13,15,17H2,1-2H3,(H2,24,25,26). The van der Waals surface area contributed by atoms with E-state index in [2.05, 4.69) is 33.8 Å². The van der Waals surface area contributed by atoms with Crippen molar-refractivity contribution in [3.05, 3.63) is 57.8 Å². The maximum absolute atomic E-state index is 12.6. The molecule has 6 nitrogen and oxygen atoms in total. The molecule has 162 valence electrons. The molecule has 3 N–H and O–H groups in total. The lowest BCUT2D eigenvalue weighted by Gasteiger charge is -2.29. The Bertz CT molecular complexity index is 849. The van der Waals surface area contributed by atoms with Crippen molar-refractivity contribution in [3.8, 4) is 0 Å². The maximum Gasteiger partial charge on any atom is 0.222 e. The molecule has 2 aromatic rings. The summed E-state index contributed by atoms with van der Waals surface area (Å²) >= 11 is 1.56. The molecule has 1 amide bonds. The van der Waals surface area contributed by atoms with E-state index in [-0.39, 0.29) is 12.5 Å². The van der Waals surface area contributed by atoms with Crippen molar-refractivity contribution in [2.24, 2.45) is 4.99 Å². The fraction of sp³-hybridized carbons (Fsp3) is 0.478. The van der Waals surface area contributed by atoms with Crippen LogP contribution in [0.5, 0.6) is 0 Å². The number of carbonyl (C=O) groups excluding carboxylic acids is 1. The van der Waals surface area contributed by atoms with Gasteiger partial charge in [-0.05, 0) is 60.2 Å². The number of aliphatic hydroxyl groups is 1. The summed E-state index contributed by atoms with van der Waals surface area (Å²) in [5, 5.41) is 21.0. The van der Waals surface area contributed by atoms with E-state index >= 15 is 0 Å². The number of nitrogens with zero attached hydrogens (tertiary/aromatic N) is 2. The summed E-state index contributed by atoms with van der Waals surface area (Å²) in [4.78, 5) is 19.1. The number of rotatable bonds is 8. The zero-order valence-corrected chi connectivity index (χ0v) is 18.7. The van der Waals surface area contributed by atoms with Crippen molar-refractivity contribution >= 4 is 23.2 Å². The third-order valence-electron chi connectivity index (χ3n) is 5.38. The van der Waals surface area contributed by atoms with Crippen molar-refractivity contribution < 1.29 is 9.90 Å². The van der Waals surface area contributed by atoms with Gasteiger partial charge in [-0.25, -0.2) is 4.99 Å². The van der Waals surface area contributed by atoms with Crippen LogP contribution in [-0.2, 0) is 23.4 Å². The molecule has 1 unspecified atom stereocenters. The predicted octanol–water partition coefficient (Wildman–Crippen LogP) is 2.88. The molecule has 1 aromatic carbocycles. The van der Waals surface area contributed by atoms with E-state index in [4.69, 9.17) is 0 Å². The SMILES string of the molecule is CCNC(=NCC(C)(O)c1ccsc1)NCCCC(=O)N1CCc2ccccc2C1. The van der Waals surface area contributed by atoms with Gasteiger partial charge in [0.05, 0.1) is 6.54 Å². The van der Waals surface area contributed by atoms with Gasteiger partial charge >= 0.3 is 0 Å². The molecule has 0 saturated heterocycles. The molecular weight excluding hydrogens is 396 g/mol. The van der Waals surface area contributed by atoms with Gasteiger partial charge in [-0.3, -0.25) is 4.79 Å². The minimum Gasteiger partial charge on any atom is -0.383 e. The summed E-state index contributed by atoms with van der Waals surface area (Å²) < 4.78 is 0. The Morgan fingerprint density at radius 1 is 1.27 bits per heavy atom. The fourth-order valence-electron chi connectivity index (χ4n) is 3.55. The van der Waals surface area contributed by atoms with E-state index in [0.29, 0.717) is 25.5 Å². The number of amides is 1. The van der Waals surface area contributed by atoms with Gasteiger partial charge in [0.15, 0.2) is 5.96 Å². The number of fused-ring (bicyclic) bond motifs is 1. The zero-order chi connectivity index (χ0) is 21.4. The summed E-state index contributed by atoms with van der Waals surface area (Å²) in [5.74, 6) is 0.862. The zero-order valence-electron chi connectivity index (χ0n) is 17.9. The van der Waals surface area contributed by atoms with Crippen molar-refractivity contribution in [2.45, 2.75) is 45.3 Å². The molecule has 1 aliphatic heterocycles. The van der Waals surface area contributed by atoms with E-state index in [1.54, 1.807) is 18.3 Å². The third kappa shape index (κ3) is 6.06. The summed E-state index contributed by atoms with van der Waals surface area (Å²) in [7, 11) is 0. The van der Waals surface area contributed by atoms with Crippen LogP contribution < -0.4 is 10.6 Å². The molecule has 0 aliphatic carbocycles. The van der Waals surface area contributed by atoms with Gasteiger partial charge in [-0.2, -0.15) is 11.3 Å². The smallest absolute Gasteiger partial charge is 0.222 e. The summed E-state index contributed by atoms with van der Waals surface area (Å²) in [6, 6.07) is 10.3. The van der Waals surface area contributed by atoms with Gasteiger partial charge in [-0.1, -0.05) is 24.3 Å². The van der Waals surface area contributed by atoms with Crippen LogP contribution in [-0.4, -0.2) is 48.1 Å². The molecule has 0 radical (unpaired) electrons. The molecule has 0 bridgehead atoms. The highest BCUT2D eigenvalue weighted by atomic mass is 32.1. The Hall–Kier alpha value is -2.38. The average molecular weight is 429 g/mol. The van der Waals surface area contributed by atoms with Crippen LogP contribution in [0.2, 0.25) is 0 Å². The van der Waals surface area contributed by atoms with E-state index in [1.165, 1.54) is 11.1 Å². The summed E-state index contributed by atoms with van der Waals surface area (Å²) in [6.45, 7) is 6.95. The normalized spacial score (nSPS) is 16.0. The third-order valence-corrected chi connectivity index (χ3v) is 6.06. The molecular formula is C23H32N4O2S. The average Bonchev–Trinajstić information content (AvgIpc) is 3.30. The molecule has 3 rings (SSSR count). The number of carbonyl (C=O) groups is 1. The fourth-order valence-corrected chi connectivity index (χ4v) is 4.33. The highest BCUT2D eigenvalue weighted by molar-refractivity contribution is 7.08. The Balaban J connectivity index is 1.44. The van der Waals surface area contributed by atoms with Gasteiger partial charge in [-0.15, -0.1) is 0 Å². The first-order valence-electron chi connectivity index (χ1n) is 10.6. The highest BCUT2D eigenvalue weighted by Gasteiger charge is 2.23. The van der Waals surface area contributed by atoms with Crippen LogP contribution >= 0.6 is 11.3 Å². The van der Waals surface area contributed by atoms with Gasteiger partial charge in [0.25, 0.3) is 0 Å². The molecule has 1 aliphatic rings. The van der Waals surface area contributed by atoms with Gasteiger partial charge in [0, 0.05) is 32.6 Å². The van der Waals surface area contributed by atoms with Gasteiger partial charge in [0.1, 0.15) is 5.60 Å². The molecule has 0 fully saturated rings. The van der Waals surface area contributed by atoms with E-state index < -0.39 is 5.60 Å². The monoisotopic (exact) mass is 428 g/mol. The first kappa shape index (κ1) is 22.3. The molecule has 0 spiro atoms. The number of benzene rings is 1. The Morgan fingerprint density at radius 2 is 2.07 bits per heavy atom. The number of nitrogens with one attached hydrogen (secondary N) is 2. The maximum atomic E-state index is 12.6. The molecule has 2 heterocycles. The second-order valence-electron chi connectivity index (χ2n) is 7.85. The molecule has 30 heavy (non-hydrogen) atoms. The first-order valence-corrected chi connectivity index (χ1v) is 11.6. The minimum atomic E-state index is -0.997. The van der Waals surface area contributed by atoms with E-state index in [0.717, 1.165) is 31.5 Å². The van der Waals surface area contributed by atoms with Crippen molar-refractivity contribution in [3.63, 3.8) is 0 Å². The minimum absolute atomic E-state index is 0.202. The van der Waals surface area contributed by atoms with Gasteiger partial charge in [0.2, 0.25) is 5.91 Å². The number of hydrogen-bond donors (Lipinski definition) is 3. The predicted molar refractivity (Wildman–Crippen MR) is 123 cm³/mol. The number of hydrogen-bond acceptors (Lipinski definition) is 4. The van der Waals surface area contributed by atoms with Crippen molar-refractivity contribution in [1.82, 2.24) is 15.5 Å². The van der Waals surface area contributed by atoms with Gasteiger partial charge < -0.3 is 20.6 Å². The Labute approximate surface area is 183 Å². The van der Waals surface area contributed by atoms with Crippen molar-refractivity contribution in [2.75, 3.05) is 26.2 Å².